The summed E-state index contributed by atoms with van der Waals surface area (Å²) in [5.41, 5.74) is 0. The van der Waals surface area contributed by atoms with Gasteiger partial charge >= 0.3 is 0 Å². The molecule has 0 aromatic carbocycles. The molecule has 3 unspecified atom stereocenters. The van der Waals surface area contributed by atoms with E-state index in [1.807, 2.05) is 0 Å². The number of rotatable bonds is 6. The van der Waals surface area contributed by atoms with Gasteiger partial charge in [-0.25, -0.2) is 0 Å². The van der Waals surface area contributed by atoms with Crippen LogP contribution >= 0.6 is 0 Å². The van der Waals surface area contributed by atoms with Gasteiger partial charge in [0, 0.05) is 19.1 Å². The number of hydrogen-bond acceptors (Lipinski definition) is 2. The van der Waals surface area contributed by atoms with Crippen LogP contribution in [0.25, 0.3) is 0 Å². The minimum Gasteiger partial charge on any atom is -0.313 e. The highest BCUT2D eigenvalue weighted by atomic mass is 15.2. The second-order valence-electron chi connectivity index (χ2n) is 5.83. The Morgan fingerprint density at radius 1 is 1.38 bits per heavy atom. The van der Waals surface area contributed by atoms with Gasteiger partial charge in [-0.15, -0.1) is 0 Å². The molecule has 2 heteroatoms. The van der Waals surface area contributed by atoms with Gasteiger partial charge in [-0.1, -0.05) is 27.2 Å². The fourth-order valence-electron chi connectivity index (χ4n) is 2.45. The maximum atomic E-state index is 3.65. The van der Waals surface area contributed by atoms with Gasteiger partial charge in [0.2, 0.25) is 0 Å². The Bertz CT molecular complexity index is 182. The van der Waals surface area contributed by atoms with Crippen molar-refractivity contribution in [3.63, 3.8) is 0 Å². The van der Waals surface area contributed by atoms with E-state index in [4.69, 9.17) is 0 Å². The average molecular weight is 226 g/mol. The highest BCUT2D eigenvalue weighted by molar-refractivity contribution is 4.74. The molecule has 0 aliphatic carbocycles. The van der Waals surface area contributed by atoms with Crippen LogP contribution < -0.4 is 5.32 Å². The number of nitrogens with one attached hydrogen (secondary N) is 1. The van der Waals surface area contributed by atoms with Crippen LogP contribution in [0, 0.1) is 11.8 Å². The van der Waals surface area contributed by atoms with E-state index < -0.39 is 0 Å². The van der Waals surface area contributed by atoms with E-state index >= 15 is 0 Å². The molecule has 2 nitrogen and oxygen atoms in total. The summed E-state index contributed by atoms with van der Waals surface area (Å²) < 4.78 is 0. The quantitative estimate of drug-likeness (QED) is 0.749. The number of likely N-dealkylation sites (tertiary alicyclic amines) is 1. The van der Waals surface area contributed by atoms with Crippen LogP contribution in [-0.4, -0.2) is 37.1 Å². The maximum absolute atomic E-state index is 3.65. The van der Waals surface area contributed by atoms with E-state index in [0.29, 0.717) is 6.04 Å². The molecule has 0 aromatic heterocycles. The van der Waals surface area contributed by atoms with Gasteiger partial charge in [0.1, 0.15) is 0 Å². The van der Waals surface area contributed by atoms with E-state index in [0.717, 1.165) is 11.8 Å². The first-order valence-corrected chi connectivity index (χ1v) is 7.07. The molecule has 1 aliphatic rings. The van der Waals surface area contributed by atoms with Gasteiger partial charge in [0.15, 0.2) is 0 Å². The fourth-order valence-corrected chi connectivity index (χ4v) is 2.45. The van der Waals surface area contributed by atoms with Gasteiger partial charge in [0.25, 0.3) is 0 Å². The highest BCUT2D eigenvalue weighted by Gasteiger charge is 2.17. The minimum atomic E-state index is 0.638. The molecular weight excluding hydrogens is 196 g/mol. The van der Waals surface area contributed by atoms with Gasteiger partial charge in [0.05, 0.1) is 0 Å². The molecule has 0 bridgehead atoms. The lowest BCUT2D eigenvalue weighted by Gasteiger charge is -2.33. The van der Waals surface area contributed by atoms with Crippen molar-refractivity contribution >= 4 is 0 Å². The molecule has 0 amide bonds. The Morgan fingerprint density at radius 2 is 2.12 bits per heavy atom. The maximum Gasteiger partial charge on any atom is 0.0166 e. The molecule has 0 aromatic rings. The summed E-state index contributed by atoms with van der Waals surface area (Å²) in [6.45, 7) is 14.3. The Kier molecular flexibility index (Phi) is 6.37. The molecule has 0 radical (unpaired) electrons. The van der Waals surface area contributed by atoms with Crippen LogP contribution in [0.5, 0.6) is 0 Å². The average Bonchev–Trinajstić information content (AvgIpc) is 2.26. The highest BCUT2D eigenvalue weighted by Crippen LogP contribution is 2.15. The van der Waals surface area contributed by atoms with Gasteiger partial charge in [-0.3, -0.25) is 0 Å². The fraction of sp³-hybridized carbons (Fsp3) is 1.00. The normalized spacial score (nSPS) is 26.6. The standard InChI is InChI=1S/C14H30N2/c1-5-12(2)9-15-14(4)11-16-8-6-7-13(3)10-16/h12-15H,5-11H2,1-4H3. The lowest BCUT2D eigenvalue weighted by atomic mass is 10.00. The summed E-state index contributed by atoms with van der Waals surface area (Å²) in [5, 5.41) is 3.65. The van der Waals surface area contributed by atoms with Crippen LogP contribution in [0.1, 0.15) is 47.0 Å². The Labute approximate surface area is 102 Å². The molecule has 1 fully saturated rings. The number of nitrogens with zero attached hydrogens (tertiary/aromatic N) is 1. The zero-order chi connectivity index (χ0) is 12.0. The summed E-state index contributed by atoms with van der Waals surface area (Å²) in [6.07, 6.45) is 4.09. The molecule has 0 saturated carbocycles. The predicted molar refractivity (Wildman–Crippen MR) is 71.8 cm³/mol. The summed E-state index contributed by atoms with van der Waals surface area (Å²) in [6, 6.07) is 0.638. The summed E-state index contributed by atoms with van der Waals surface area (Å²) in [7, 11) is 0. The van der Waals surface area contributed by atoms with Crippen LogP contribution in [0.4, 0.5) is 0 Å². The molecule has 1 saturated heterocycles. The van der Waals surface area contributed by atoms with Crippen molar-refractivity contribution in [2.75, 3.05) is 26.2 Å². The second kappa shape index (κ2) is 7.29. The second-order valence-corrected chi connectivity index (χ2v) is 5.83. The van der Waals surface area contributed by atoms with Crippen molar-refractivity contribution in [3.05, 3.63) is 0 Å². The number of hydrogen-bond donors (Lipinski definition) is 1. The van der Waals surface area contributed by atoms with Gasteiger partial charge in [-0.2, -0.15) is 0 Å². The molecule has 1 heterocycles. The van der Waals surface area contributed by atoms with E-state index in [1.165, 1.54) is 45.4 Å². The van der Waals surface area contributed by atoms with Crippen LogP contribution in [0.3, 0.4) is 0 Å². The summed E-state index contributed by atoms with van der Waals surface area (Å²) in [4.78, 5) is 2.63. The molecule has 0 spiro atoms. The van der Waals surface area contributed by atoms with Gasteiger partial charge < -0.3 is 10.2 Å². The van der Waals surface area contributed by atoms with Crippen molar-refractivity contribution in [1.82, 2.24) is 10.2 Å². The van der Waals surface area contributed by atoms with Crippen LogP contribution in [0.2, 0.25) is 0 Å². The predicted octanol–water partition coefficient (Wildman–Crippen LogP) is 2.74. The van der Waals surface area contributed by atoms with E-state index in [2.05, 4.69) is 37.9 Å². The lowest BCUT2D eigenvalue weighted by Crippen LogP contribution is -2.44. The van der Waals surface area contributed by atoms with Crippen molar-refractivity contribution in [1.29, 1.82) is 0 Å². The third kappa shape index (κ3) is 5.31. The third-order valence-electron chi connectivity index (χ3n) is 3.78. The SMILES string of the molecule is CCC(C)CNC(C)CN1CCCC(C)C1. The first-order valence-electron chi connectivity index (χ1n) is 7.07. The van der Waals surface area contributed by atoms with Crippen molar-refractivity contribution in [3.8, 4) is 0 Å². The molecule has 1 N–H and O–H groups in total. The summed E-state index contributed by atoms with van der Waals surface area (Å²) >= 11 is 0. The van der Waals surface area contributed by atoms with Crippen LogP contribution in [-0.2, 0) is 0 Å². The smallest absolute Gasteiger partial charge is 0.0166 e. The topological polar surface area (TPSA) is 15.3 Å². The van der Waals surface area contributed by atoms with Crippen molar-refractivity contribution in [2.45, 2.75) is 53.0 Å². The van der Waals surface area contributed by atoms with E-state index in [-0.39, 0.29) is 0 Å². The minimum absolute atomic E-state index is 0.638. The molecule has 3 atom stereocenters. The third-order valence-corrected chi connectivity index (χ3v) is 3.78. The number of piperidine rings is 1. The molecule has 1 aliphatic heterocycles. The first-order chi connectivity index (χ1) is 7.61. The van der Waals surface area contributed by atoms with Gasteiger partial charge in [-0.05, 0) is 44.7 Å². The zero-order valence-corrected chi connectivity index (χ0v) is 11.6. The van der Waals surface area contributed by atoms with Crippen molar-refractivity contribution in [2.24, 2.45) is 11.8 Å². The molecule has 16 heavy (non-hydrogen) atoms. The monoisotopic (exact) mass is 226 g/mol. The Balaban J connectivity index is 2.15. The molecule has 96 valence electrons. The van der Waals surface area contributed by atoms with Crippen LogP contribution in [0.15, 0.2) is 0 Å². The van der Waals surface area contributed by atoms with E-state index in [1.54, 1.807) is 0 Å². The largest absolute Gasteiger partial charge is 0.313 e. The zero-order valence-electron chi connectivity index (χ0n) is 11.6. The first kappa shape index (κ1) is 14.0. The molecule has 1 rings (SSSR count). The van der Waals surface area contributed by atoms with Crippen molar-refractivity contribution < 1.29 is 0 Å². The Hall–Kier alpha value is -0.0800. The molecular formula is C14H30N2. The summed E-state index contributed by atoms with van der Waals surface area (Å²) in [5.74, 6) is 1.71. The van der Waals surface area contributed by atoms with E-state index in [9.17, 15) is 0 Å². The lowest BCUT2D eigenvalue weighted by molar-refractivity contribution is 0.169. The Morgan fingerprint density at radius 3 is 2.75 bits per heavy atom.